The molecule has 2 unspecified atom stereocenters. The van der Waals surface area contributed by atoms with Crippen LogP contribution in [0.15, 0.2) is 18.2 Å². The van der Waals surface area contributed by atoms with E-state index in [1.807, 2.05) is 12.1 Å². The molecule has 2 atom stereocenters. The van der Waals surface area contributed by atoms with E-state index in [0.717, 1.165) is 5.56 Å². The number of rotatable bonds is 4. The van der Waals surface area contributed by atoms with E-state index in [1.165, 1.54) is 0 Å². The number of carbonyl (C=O) groups is 1. The Morgan fingerprint density at radius 3 is 2.24 bits per heavy atom. The Labute approximate surface area is 104 Å². The first-order valence-corrected chi connectivity index (χ1v) is 6.28. The third-order valence-corrected chi connectivity index (χ3v) is 4.35. The number of carboxylic acids is 1. The van der Waals surface area contributed by atoms with Gasteiger partial charge < -0.3 is 14.6 Å². The maximum absolute atomic E-state index is 11.0. The molecule has 1 aromatic rings. The second-order valence-electron chi connectivity index (χ2n) is 3.84. The molecule has 2 rings (SSSR count). The molecule has 0 aliphatic carbocycles. The predicted molar refractivity (Wildman–Crippen MR) is 65.9 cm³/mol. The van der Waals surface area contributed by atoms with Crippen LogP contribution in [0.25, 0.3) is 0 Å². The molecule has 0 saturated carbocycles. The van der Waals surface area contributed by atoms with Crippen molar-refractivity contribution in [1.29, 1.82) is 0 Å². The minimum atomic E-state index is -0.740. The van der Waals surface area contributed by atoms with E-state index in [2.05, 4.69) is 0 Å². The van der Waals surface area contributed by atoms with Gasteiger partial charge in [-0.05, 0) is 17.7 Å². The van der Waals surface area contributed by atoms with Gasteiger partial charge in [-0.15, -0.1) is 0 Å². The van der Waals surface area contributed by atoms with E-state index in [4.69, 9.17) is 14.6 Å². The average molecular weight is 254 g/mol. The predicted octanol–water partition coefficient (Wildman–Crippen LogP) is 2.19. The molecule has 1 aliphatic rings. The number of carboxylic acid groups (broad SMARTS) is 1. The molecule has 1 heterocycles. The number of hydrogen-bond acceptors (Lipinski definition) is 4. The van der Waals surface area contributed by atoms with Crippen LogP contribution in [0.1, 0.15) is 10.8 Å². The van der Waals surface area contributed by atoms with E-state index in [0.29, 0.717) is 17.3 Å². The van der Waals surface area contributed by atoms with Gasteiger partial charge in [-0.2, -0.15) is 11.8 Å². The first kappa shape index (κ1) is 12.1. The van der Waals surface area contributed by atoms with E-state index in [9.17, 15) is 4.79 Å². The molecular formula is C12H14O4S. The fraction of sp³-hybridized carbons (Fsp3) is 0.417. The first-order valence-electron chi connectivity index (χ1n) is 5.23. The molecule has 5 heteroatoms. The van der Waals surface area contributed by atoms with Gasteiger partial charge in [-0.1, -0.05) is 0 Å². The number of thioether (sulfide) groups is 1. The topological polar surface area (TPSA) is 55.8 Å². The summed E-state index contributed by atoms with van der Waals surface area (Å²) in [5.74, 6) is 0.999. The summed E-state index contributed by atoms with van der Waals surface area (Å²) >= 11 is 1.64. The van der Waals surface area contributed by atoms with Crippen LogP contribution in [-0.2, 0) is 4.79 Å². The van der Waals surface area contributed by atoms with Crippen LogP contribution in [0.3, 0.4) is 0 Å². The lowest BCUT2D eigenvalue weighted by Gasteiger charge is -2.33. The molecule has 1 saturated heterocycles. The molecule has 0 aromatic heterocycles. The van der Waals surface area contributed by atoms with Gasteiger partial charge in [-0.25, -0.2) is 0 Å². The van der Waals surface area contributed by atoms with Crippen molar-refractivity contribution in [2.45, 2.75) is 5.25 Å². The molecule has 1 aromatic carbocycles. The Balaban J connectivity index is 2.28. The number of benzene rings is 1. The Hall–Kier alpha value is -1.36. The number of ether oxygens (including phenoxy) is 2. The number of aliphatic carboxylic acids is 1. The van der Waals surface area contributed by atoms with Crippen molar-refractivity contribution in [1.82, 2.24) is 0 Å². The van der Waals surface area contributed by atoms with Crippen molar-refractivity contribution in [3.63, 3.8) is 0 Å². The van der Waals surface area contributed by atoms with Crippen LogP contribution in [0.4, 0.5) is 0 Å². The van der Waals surface area contributed by atoms with Gasteiger partial charge in [0.1, 0.15) is 11.5 Å². The summed E-state index contributed by atoms with van der Waals surface area (Å²) in [6.45, 7) is 0. The maximum Gasteiger partial charge on any atom is 0.308 e. The molecule has 0 radical (unpaired) electrons. The van der Waals surface area contributed by atoms with Gasteiger partial charge in [0, 0.05) is 17.1 Å². The molecule has 4 nitrogen and oxygen atoms in total. The van der Waals surface area contributed by atoms with Crippen molar-refractivity contribution in [2.24, 2.45) is 5.92 Å². The van der Waals surface area contributed by atoms with E-state index in [-0.39, 0.29) is 11.2 Å². The lowest BCUT2D eigenvalue weighted by atomic mass is 9.98. The minimum absolute atomic E-state index is 0.00324. The van der Waals surface area contributed by atoms with Crippen molar-refractivity contribution >= 4 is 17.7 Å². The standard InChI is InChI=1S/C12H14O4S/c1-15-8-3-7(4-9(5-8)16-2)11-10(6-17-11)12(13)14/h3-5,10-11H,6H2,1-2H3,(H,13,14). The fourth-order valence-corrected chi connectivity index (χ4v) is 2.98. The molecule has 1 aliphatic heterocycles. The summed E-state index contributed by atoms with van der Waals surface area (Å²) in [4.78, 5) is 11.0. The Bertz CT molecular complexity index is 410. The van der Waals surface area contributed by atoms with Gasteiger partial charge in [0.05, 0.1) is 20.1 Å². The fourth-order valence-electron chi connectivity index (χ4n) is 1.81. The Morgan fingerprint density at radius 1 is 1.29 bits per heavy atom. The molecule has 1 fully saturated rings. The normalized spacial score (nSPS) is 22.7. The van der Waals surface area contributed by atoms with Gasteiger partial charge in [0.2, 0.25) is 0 Å². The Kier molecular flexibility index (Phi) is 3.47. The molecule has 0 amide bonds. The molecule has 0 bridgehead atoms. The third kappa shape index (κ3) is 2.34. The molecule has 92 valence electrons. The highest BCUT2D eigenvalue weighted by Crippen LogP contribution is 2.48. The summed E-state index contributed by atoms with van der Waals surface area (Å²) in [5, 5.41) is 9.04. The minimum Gasteiger partial charge on any atom is -0.497 e. The van der Waals surface area contributed by atoms with Crippen LogP contribution < -0.4 is 9.47 Å². The summed E-state index contributed by atoms with van der Waals surface area (Å²) in [6, 6.07) is 5.52. The third-order valence-electron chi connectivity index (χ3n) is 2.84. The summed E-state index contributed by atoms with van der Waals surface area (Å²) in [6.07, 6.45) is 0. The van der Waals surface area contributed by atoms with Crippen molar-refractivity contribution < 1.29 is 19.4 Å². The van der Waals surface area contributed by atoms with Crippen LogP contribution in [0, 0.1) is 5.92 Å². The van der Waals surface area contributed by atoms with Crippen LogP contribution in [0.5, 0.6) is 11.5 Å². The highest BCUT2D eigenvalue weighted by Gasteiger charge is 2.38. The second kappa shape index (κ2) is 4.87. The monoisotopic (exact) mass is 254 g/mol. The van der Waals surface area contributed by atoms with E-state index < -0.39 is 5.97 Å². The lowest BCUT2D eigenvalue weighted by molar-refractivity contribution is -0.141. The SMILES string of the molecule is COc1cc(OC)cc(C2SCC2C(=O)O)c1. The molecule has 17 heavy (non-hydrogen) atoms. The molecular weight excluding hydrogens is 240 g/mol. The maximum atomic E-state index is 11.0. The highest BCUT2D eigenvalue weighted by atomic mass is 32.2. The van der Waals surface area contributed by atoms with Crippen molar-refractivity contribution in [2.75, 3.05) is 20.0 Å². The lowest BCUT2D eigenvalue weighted by Crippen LogP contribution is -2.30. The van der Waals surface area contributed by atoms with Crippen LogP contribution >= 0.6 is 11.8 Å². The van der Waals surface area contributed by atoms with Gasteiger partial charge in [0.15, 0.2) is 0 Å². The second-order valence-corrected chi connectivity index (χ2v) is 5.02. The number of hydrogen-bond donors (Lipinski definition) is 1. The molecule has 0 spiro atoms. The average Bonchev–Trinajstić information content (AvgIpc) is 2.26. The Morgan fingerprint density at radius 2 is 1.88 bits per heavy atom. The smallest absolute Gasteiger partial charge is 0.308 e. The van der Waals surface area contributed by atoms with Gasteiger partial charge in [0.25, 0.3) is 0 Å². The van der Waals surface area contributed by atoms with Crippen molar-refractivity contribution in [3.8, 4) is 11.5 Å². The first-order chi connectivity index (χ1) is 8.15. The van der Waals surface area contributed by atoms with E-state index >= 15 is 0 Å². The zero-order valence-electron chi connectivity index (χ0n) is 9.67. The number of methoxy groups -OCH3 is 2. The quantitative estimate of drug-likeness (QED) is 0.892. The summed E-state index contributed by atoms with van der Waals surface area (Å²) in [7, 11) is 3.17. The summed E-state index contributed by atoms with van der Waals surface area (Å²) in [5.41, 5.74) is 0.949. The van der Waals surface area contributed by atoms with Crippen LogP contribution in [0.2, 0.25) is 0 Å². The van der Waals surface area contributed by atoms with E-state index in [1.54, 1.807) is 32.0 Å². The largest absolute Gasteiger partial charge is 0.497 e. The van der Waals surface area contributed by atoms with Gasteiger partial charge >= 0.3 is 5.97 Å². The zero-order valence-corrected chi connectivity index (χ0v) is 10.5. The highest BCUT2D eigenvalue weighted by molar-refractivity contribution is 8.01. The summed E-state index contributed by atoms with van der Waals surface area (Å²) < 4.78 is 10.4. The van der Waals surface area contributed by atoms with Crippen molar-refractivity contribution in [3.05, 3.63) is 23.8 Å². The van der Waals surface area contributed by atoms with Gasteiger partial charge in [-0.3, -0.25) is 4.79 Å². The van der Waals surface area contributed by atoms with Crippen LogP contribution in [-0.4, -0.2) is 31.0 Å². The molecule has 1 N–H and O–H groups in total. The zero-order chi connectivity index (χ0) is 12.4.